The molecule has 6 nitrogen and oxygen atoms in total. The standard InChI is InChI=1S/C20H18N4O2S/c1-14-22-19(26-23-14)13-27-18-6-4-3-5-17(18)20(25)24(2)12-16-9-7-15(11-21)8-10-16/h3-10H,12-13H2,1-2H3. The van der Waals surface area contributed by atoms with E-state index in [2.05, 4.69) is 16.2 Å². The van der Waals surface area contributed by atoms with E-state index in [1.165, 1.54) is 11.8 Å². The molecule has 3 aromatic rings. The average molecular weight is 378 g/mol. The molecule has 0 spiro atoms. The molecule has 0 saturated heterocycles. The van der Waals surface area contributed by atoms with Gasteiger partial charge in [0, 0.05) is 18.5 Å². The predicted molar refractivity (Wildman–Crippen MR) is 102 cm³/mol. The summed E-state index contributed by atoms with van der Waals surface area (Å²) in [6.45, 7) is 2.24. The molecule has 0 atom stereocenters. The van der Waals surface area contributed by atoms with Gasteiger partial charge < -0.3 is 9.42 Å². The van der Waals surface area contributed by atoms with Crippen LogP contribution in [0.3, 0.4) is 0 Å². The highest BCUT2D eigenvalue weighted by Crippen LogP contribution is 2.27. The van der Waals surface area contributed by atoms with E-state index in [4.69, 9.17) is 9.78 Å². The van der Waals surface area contributed by atoms with Crippen molar-refractivity contribution in [2.45, 2.75) is 24.1 Å². The molecule has 0 unspecified atom stereocenters. The van der Waals surface area contributed by atoms with Crippen molar-refractivity contribution in [3.63, 3.8) is 0 Å². The Morgan fingerprint density at radius 2 is 1.96 bits per heavy atom. The highest BCUT2D eigenvalue weighted by Gasteiger charge is 2.17. The fourth-order valence-electron chi connectivity index (χ4n) is 2.54. The number of carbonyl (C=O) groups is 1. The molecule has 0 fully saturated rings. The van der Waals surface area contributed by atoms with Gasteiger partial charge in [-0.05, 0) is 36.8 Å². The number of nitrogens with zero attached hydrogens (tertiary/aromatic N) is 4. The lowest BCUT2D eigenvalue weighted by Crippen LogP contribution is -2.26. The van der Waals surface area contributed by atoms with Gasteiger partial charge in [-0.15, -0.1) is 11.8 Å². The van der Waals surface area contributed by atoms with E-state index in [1.54, 1.807) is 31.0 Å². The number of rotatable bonds is 6. The van der Waals surface area contributed by atoms with Gasteiger partial charge in [0.15, 0.2) is 5.82 Å². The Kier molecular flexibility index (Phi) is 5.89. The average Bonchev–Trinajstić information content (AvgIpc) is 3.12. The molecular weight excluding hydrogens is 360 g/mol. The van der Waals surface area contributed by atoms with Crippen LogP contribution >= 0.6 is 11.8 Å². The first-order valence-corrected chi connectivity index (χ1v) is 9.31. The third-order valence-electron chi connectivity index (χ3n) is 3.89. The quantitative estimate of drug-likeness (QED) is 0.607. The molecule has 0 aliphatic heterocycles. The van der Waals surface area contributed by atoms with E-state index in [-0.39, 0.29) is 5.91 Å². The highest BCUT2D eigenvalue weighted by molar-refractivity contribution is 7.98. The molecule has 136 valence electrons. The summed E-state index contributed by atoms with van der Waals surface area (Å²) in [5.74, 6) is 1.57. The van der Waals surface area contributed by atoms with E-state index in [0.717, 1.165) is 10.5 Å². The Labute approximate surface area is 161 Å². The number of nitriles is 1. The zero-order valence-electron chi connectivity index (χ0n) is 15.0. The smallest absolute Gasteiger partial charge is 0.255 e. The molecule has 1 amide bonds. The van der Waals surface area contributed by atoms with Crippen LogP contribution < -0.4 is 0 Å². The van der Waals surface area contributed by atoms with Gasteiger partial charge in [-0.25, -0.2) is 0 Å². The van der Waals surface area contributed by atoms with E-state index in [0.29, 0.717) is 35.1 Å². The van der Waals surface area contributed by atoms with Crippen LogP contribution in [0.2, 0.25) is 0 Å². The predicted octanol–water partition coefficient (Wildman–Crippen LogP) is 3.81. The van der Waals surface area contributed by atoms with Crippen LogP contribution in [0.5, 0.6) is 0 Å². The number of hydrogen-bond donors (Lipinski definition) is 0. The van der Waals surface area contributed by atoms with Crippen molar-refractivity contribution in [1.82, 2.24) is 15.0 Å². The van der Waals surface area contributed by atoms with Gasteiger partial charge in [-0.2, -0.15) is 10.2 Å². The molecule has 0 radical (unpaired) electrons. The fraction of sp³-hybridized carbons (Fsp3) is 0.200. The Morgan fingerprint density at radius 1 is 1.22 bits per heavy atom. The zero-order chi connectivity index (χ0) is 19.2. The maximum absolute atomic E-state index is 12.9. The lowest BCUT2D eigenvalue weighted by atomic mass is 10.1. The molecule has 0 N–H and O–H groups in total. The van der Waals surface area contributed by atoms with Crippen LogP contribution in [-0.4, -0.2) is 28.0 Å². The number of aromatic nitrogens is 2. The lowest BCUT2D eigenvalue weighted by molar-refractivity contribution is 0.0781. The van der Waals surface area contributed by atoms with E-state index >= 15 is 0 Å². The van der Waals surface area contributed by atoms with Gasteiger partial charge >= 0.3 is 0 Å². The van der Waals surface area contributed by atoms with Crippen molar-refractivity contribution in [1.29, 1.82) is 5.26 Å². The summed E-state index contributed by atoms with van der Waals surface area (Å²) in [6.07, 6.45) is 0. The molecule has 7 heteroatoms. The number of benzene rings is 2. The molecule has 0 saturated carbocycles. The molecule has 27 heavy (non-hydrogen) atoms. The molecule has 3 rings (SSSR count). The van der Waals surface area contributed by atoms with Crippen LogP contribution in [0.25, 0.3) is 0 Å². The SMILES string of the molecule is Cc1noc(CSc2ccccc2C(=O)N(C)Cc2ccc(C#N)cc2)n1. The van der Waals surface area contributed by atoms with E-state index in [9.17, 15) is 4.79 Å². The van der Waals surface area contributed by atoms with Gasteiger partial charge in [-0.1, -0.05) is 29.4 Å². The number of aryl methyl sites for hydroxylation is 1. The Balaban J connectivity index is 1.70. The summed E-state index contributed by atoms with van der Waals surface area (Å²) in [7, 11) is 1.77. The van der Waals surface area contributed by atoms with Crippen molar-refractivity contribution in [3.8, 4) is 6.07 Å². The minimum Gasteiger partial charge on any atom is -0.338 e. The maximum Gasteiger partial charge on any atom is 0.255 e. The first-order chi connectivity index (χ1) is 13.1. The molecule has 1 heterocycles. The topological polar surface area (TPSA) is 83.0 Å². The second-order valence-corrected chi connectivity index (χ2v) is 7.01. The summed E-state index contributed by atoms with van der Waals surface area (Å²) in [4.78, 5) is 19.6. The van der Waals surface area contributed by atoms with Gasteiger partial charge in [0.2, 0.25) is 5.89 Å². The van der Waals surface area contributed by atoms with Gasteiger partial charge in [0.1, 0.15) is 0 Å². The number of hydrogen-bond acceptors (Lipinski definition) is 6. The monoisotopic (exact) mass is 378 g/mol. The molecule has 0 aliphatic rings. The van der Waals surface area contributed by atoms with Crippen LogP contribution in [0.4, 0.5) is 0 Å². The molecule has 1 aromatic heterocycles. The molecular formula is C20H18N4O2S. The summed E-state index contributed by atoms with van der Waals surface area (Å²) in [5.41, 5.74) is 2.21. The van der Waals surface area contributed by atoms with Crippen LogP contribution in [0.15, 0.2) is 57.9 Å². The third kappa shape index (κ3) is 4.74. The minimum absolute atomic E-state index is 0.0656. The first-order valence-electron chi connectivity index (χ1n) is 8.32. The molecule has 0 bridgehead atoms. The number of carbonyl (C=O) groups excluding carboxylic acids is 1. The summed E-state index contributed by atoms with van der Waals surface area (Å²) in [6, 6.07) is 16.8. The van der Waals surface area contributed by atoms with E-state index in [1.807, 2.05) is 36.4 Å². The maximum atomic E-state index is 12.9. The van der Waals surface area contributed by atoms with Crippen molar-refractivity contribution in [2.24, 2.45) is 0 Å². The minimum atomic E-state index is -0.0656. The van der Waals surface area contributed by atoms with Crippen LogP contribution in [0.1, 0.15) is 33.2 Å². The third-order valence-corrected chi connectivity index (χ3v) is 4.95. The van der Waals surface area contributed by atoms with Gasteiger partial charge in [0.25, 0.3) is 5.91 Å². The number of amides is 1. The molecule has 2 aromatic carbocycles. The Bertz CT molecular complexity index is 976. The fourth-order valence-corrected chi connectivity index (χ4v) is 3.43. The van der Waals surface area contributed by atoms with Crippen molar-refractivity contribution >= 4 is 17.7 Å². The van der Waals surface area contributed by atoms with Crippen molar-refractivity contribution in [2.75, 3.05) is 7.05 Å². The van der Waals surface area contributed by atoms with Crippen molar-refractivity contribution < 1.29 is 9.32 Å². The summed E-state index contributed by atoms with van der Waals surface area (Å²) in [5, 5.41) is 12.7. The van der Waals surface area contributed by atoms with Gasteiger partial charge in [0.05, 0.1) is 22.9 Å². The highest BCUT2D eigenvalue weighted by atomic mass is 32.2. The normalized spacial score (nSPS) is 10.4. The van der Waals surface area contributed by atoms with E-state index < -0.39 is 0 Å². The first kappa shape index (κ1) is 18.7. The zero-order valence-corrected chi connectivity index (χ0v) is 15.9. The Hall–Kier alpha value is -3.11. The van der Waals surface area contributed by atoms with Crippen LogP contribution in [-0.2, 0) is 12.3 Å². The lowest BCUT2D eigenvalue weighted by Gasteiger charge is -2.19. The summed E-state index contributed by atoms with van der Waals surface area (Å²) >= 11 is 1.49. The largest absolute Gasteiger partial charge is 0.338 e. The second-order valence-electron chi connectivity index (χ2n) is 5.99. The molecule has 0 aliphatic carbocycles. The van der Waals surface area contributed by atoms with Crippen LogP contribution in [0, 0.1) is 18.3 Å². The summed E-state index contributed by atoms with van der Waals surface area (Å²) < 4.78 is 5.13. The Morgan fingerprint density at radius 3 is 2.63 bits per heavy atom. The second kappa shape index (κ2) is 8.52. The van der Waals surface area contributed by atoms with Gasteiger partial charge in [-0.3, -0.25) is 4.79 Å². The number of thioether (sulfide) groups is 1. The van der Waals surface area contributed by atoms with Crippen molar-refractivity contribution in [3.05, 3.63) is 76.9 Å².